The van der Waals surface area contributed by atoms with Crippen LogP contribution in [0.2, 0.25) is 0 Å². The number of aromatic nitrogens is 2. The lowest BCUT2D eigenvalue weighted by atomic mass is 10.2. The molecule has 1 atom stereocenters. The maximum Gasteiger partial charge on any atom is 0.251 e. The Morgan fingerprint density at radius 1 is 1.33 bits per heavy atom. The van der Waals surface area contributed by atoms with Crippen LogP contribution in [0.4, 0.5) is 5.69 Å². The number of imidazole rings is 1. The molecule has 2 amide bonds. The predicted molar refractivity (Wildman–Crippen MR) is 92.8 cm³/mol. The Bertz CT molecular complexity index is 669. The van der Waals surface area contributed by atoms with Gasteiger partial charge in [-0.3, -0.25) is 9.59 Å². The van der Waals surface area contributed by atoms with Crippen LogP contribution >= 0.6 is 0 Å². The summed E-state index contributed by atoms with van der Waals surface area (Å²) in [5, 5.41) is 8.72. The van der Waals surface area contributed by atoms with Gasteiger partial charge in [0.15, 0.2) is 0 Å². The van der Waals surface area contributed by atoms with Gasteiger partial charge in [-0.25, -0.2) is 4.98 Å². The molecule has 0 spiro atoms. The summed E-state index contributed by atoms with van der Waals surface area (Å²) in [6, 6.07) is 7.11. The predicted octanol–water partition coefficient (Wildman–Crippen LogP) is 1.25. The Kier molecular flexibility index (Phi) is 6.51. The quantitative estimate of drug-likeness (QED) is 0.680. The summed E-state index contributed by atoms with van der Waals surface area (Å²) in [5.74, 6) is -0.267. The van der Waals surface area contributed by atoms with E-state index in [-0.39, 0.29) is 17.9 Å². The molecular weight excluding hydrogens is 306 g/mol. The van der Waals surface area contributed by atoms with Crippen molar-refractivity contribution in [1.82, 2.24) is 20.2 Å². The highest BCUT2D eigenvalue weighted by atomic mass is 16.2. The number of anilines is 1. The molecule has 0 aliphatic carbocycles. The summed E-state index contributed by atoms with van der Waals surface area (Å²) in [6.07, 6.45) is 5.50. The van der Waals surface area contributed by atoms with E-state index in [1.807, 2.05) is 24.7 Å². The third-order valence-corrected chi connectivity index (χ3v) is 3.63. The van der Waals surface area contributed by atoms with Gasteiger partial charge in [0, 0.05) is 49.2 Å². The molecule has 7 heteroatoms. The normalized spacial score (nSPS) is 11.8. The lowest BCUT2D eigenvalue weighted by Crippen LogP contribution is -2.37. The van der Waals surface area contributed by atoms with Gasteiger partial charge in [0.1, 0.15) is 0 Å². The molecule has 1 aromatic heterocycles. The second kappa shape index (κ2) is 8.83. The van der Waals surface area contributed by atoms with E-state index in [2.05, 4.69) is 20.9 Å². The average molecular weight is 329 g/mol. The molecule has 0 radical (unpaired) electrons. The molecule has 0 saturated heterocycles. The number of likely N-dealkylation sites (N-methyl/N-ethyl adjacent to an activating group) is 1. The van der Waals surface area contributed by atoms with Crippen LogP contribution < -0.4 is 16.0 Å². The van der Waals surface area contributed by atoms with E-state index in [4.69, 9.17) is 0 Å². The molecule has 0 bridgehead atoms. The highest BCUT2D eigenvalue weighted by Gasteiger charge is 2.09. The monoisotopic (exact) mass is 329 g/mol. The molecule has 1 unspecified atom stereocenters. The van der Waals surface area contributed by atoms with Crippen molar-refractivity contribution in [2.45, 2.75) is 25.9 Å². The number of amides is 2. The fraction of sp³-hybridized carbons (Fsp3) is 0.353. The van der Waals surface area contributed by atoms with Gasteiger partial charge in [-0.2, -0.15) is 0 Å². The molecule has 2 rings (SSSR count). The fourth-order valence-corrected chi connectivity index (χ4v) is 2.06. The van der Waals surface area contributed by atoms with Crippen LogP contribution in [0.5, 0.6) is 0 Å². The van der Waals surface area contributed by atoms with E-state index >= 15 is 0 Å². The lowest BCUT2D eigenvalue weighted by molar-refractivity contribution is -0.116. The summed E-state index contributed by atoms with van der Waals surface area (Å²) >= 11 is 0. The van der Waals surface area contributed by atoms with Gasteiger partial charge in [0.05, 0.1) is 6.33 Å². The minimum Gasteiger partial charge on any atom is -0.350 e. The minimum absolute atomic E-state index is 0.106. The Morgan fingerprint density at radius 3 is 2.88 bits per heavy atom. The van der Waals surface area contributed by atoms with Crippen molar-refractivity contribution in [3.8, 4) is 0 Å². The summed E-state index contributed by atoms with van der Waals surface area (Å²) in [5.41, 5.74) is 1.13. The van der Waals surface area contributed by atoms with Crippen molar-refractivity contribution in [1.29, 1.82) is 0 Å². The number of hydrogen-bond donors (Lipinski definition) is 3. The summed E-state index contributed by atoms with van der Waals surface area (Å²) < 4.78 is 1.84. The zero-order chi connectivity index (χ0) is 17.4. The van der Waals surface area contributed by atoms with Gasteiger partial charge in [-0.05, 0) is 32.2 Å². The molecule has 128 valence electrons. The molecule has 1 aromatic carbocycles. The standard InChI is InChI=1S/C17H23N5O2/c1-13(18-2)11-20-17(24)14-4-3-5-15(10-14)21-16(23)6-8-22-9-7-19-12-22/h3-5,7,9-10,12-13,18H,6,8,11H2,1-2H3,(H,20,24)(H,21,23). The first-order chi connectivity index (χ1) is 11.6. The van der Waals surface area contributed by atoms with E-state index < -0.39 is 0 Å². The van der Waals surface area contributed by atoms with Crippen molar-refractivity contribution in [2.75, 3.05) is 18.9 Å². The number of aryl methyl sites for hydroxylation is 1. The summed E-state index contributed by atoms with van der Waals surface area (Å²) in [7, 11) is 1.84. The Balaban J connectivity index is 1.87. The smallest absolute Gasteiger partial charge is 0.251 e. The Hall–Kier alpha value is -2.67. The van der Waals surface area contributed by atoms with Crippen LogP contribution in [0, 0.1) is 0 Å². The molecule has 2 aromatic rings. The molecule has 0 fully saturated rings. The second-order valence-electron chi connectivity index (χ2n) is 5.58. The zero-order valence-electron chi connectivity index (χ0n) is 14.0. The van der Waals surface area contributed by atoms with Crippen molar-refractivity contribution in [3.05, 3.63) is 48.5 Å². The third-order valence-electron chi connectivity index (χ3n) is 3.63. The maximum absolute atomic E-state index is 12.1. The van der Waals surface area contributed by atoms with E-state index in [0.717, 1.165) is 0 Å². The molecular formula is C17H23N5O2. The minimum atomic E-state index is -0.161. The maximum atomic E-state index is 12.1. The van der Waals surface area contributed by atoms with Crippen molar-refractivity contribution >= 4 is 17.5 Å². The molecule has 0 aliphatic heterocycles. The van der Waals surface area contributed by atoms with E-state index in [9.17, 15) is 9.59 Å². The van der Waals surface area contributed by atoms with Crippen molar-refractivity contribution in [2.24, 2.45) is 0 Å². The van der Waals surface area contributed by atoms with Crippen LogP contribution in [-0.2, 0) is 11.3 Å². The topological polar surface area (TPSA) is 88.0 Å². The van der Waals surface area contributed by atoms with E-state index in [1.165, 1.54) is 0 Å². The molecule has 7 nitrogen and oxygen atoms in total. The second-order valence-corrected chi connectivity index (χ2v) is 5.58. The first-order valence-electron chi connectivity index (χ1n) is 7.89. The van der Waals surface area contributed by atoms with Gasteiger partial charge in [0.25, 0.3) is 5.91 Å². The number of nitrogens with zero attached hydrogens (tertiary/aromatic N) is 2. The Morgan fingerprint density at radius 2 is 2.17 bits per heavy atom. The van der Waals surface area contributed by atoms with Gasteiger partial charge < -0.3 is 20.5 Å². The van der Waals surface area contributed by atoms with Crippen molar-refractivity contribution in [3.63, 3.8) is 0 Å². The fourth-order valence-electron chi connectivity index (χ4n) is 2.06. The molecule has 0 aliphatic rings. The molecule has 3 N–H and O–H groups in total. The lowest BCUT2D eigenvalue weighted by Gasteiger charge is -2.12. The summed E-state index contributed by atoms with van der Waals surface area (Å²) in [6.45, 7) is 3.09. The van der Waals surface area contributed by atoms with Gasteiger partial charge >= 0.3 is 0 Å². The van der Waals surface area contributed by atoms with Crippen LogP contribution in [0.1, 0.15) is 23.7 Å². The van der Waals surface area contributed by atoms with Crippen molar-refractivity contribution < 1.29 is 9.59 Å². The highest BCUT2D eigenvalue weighted by molar-refractivity contribution is 5.97. The third kappa shape index (κ3) is 5.51. The van der Waals surface area contributed by atoms with Crippen LogP contribution in [-0.4, -0.2) is 41.0 Å². The van der Waals surface area contributed by atoms with E-state index in [0.29, 0.717) is 30.8 Å². The number of nitrogens with one attached hydrogen (secondary N) is 3. The van der Waals surface area contributed by atoms with Gasteiger partial charge in [-0.15, -0.1) is 0 Å². The number of carbonyl (C=O) groups excluding carboxylic acids is 2. The average Bonchev–Trinajstić information content (AvgIpc) is 3.11. The number of hydrogen-bond acceptors (Lipinski definition) is 4. The van der Waals surface area contributed by atoms with Gasteiger partial charge in [-0.1, -0.05) is 6.07 Å². The largest absolute Gasteiger partial charge is 0.350 e. The number of rotatable bonds is 8. The molecule has 24 heavy (non-hydrogen) atoms. The zero-order valence-corrected chi connectivity index (χ0v) is 14.0. The van der Waals surface area contributed by atoms with Crippen LogP contribution in [0.3, 0.4) is 0 Å². The number of carbonyl (C=O) groups is 2. The van der Waals surface area contributed by atoms with Gasteiger partial charge in [0.2, 0.25) is 5.91 Å². The van der Waals surface area contributed by atoms with Crippen LogP contribution in [0.15, 0.2) is 43.0 Å². The molecule has 1 heterocycles. The Labute approximate surface area is 141 Å². The first-order valence-corrected chi connectivity index (χ1v) is 7.89. The summed E-state index contributed by atoms with van der Waals surface area (Å²) in [4.78, 5) is 28.0. The van der Waals surface area contributed by atoms with E-state index in [1.54, 1.807) is 36.8 Å². The van der Waals surface area contributed by atoms with Crippen LogP contribution in [0.25, 0.3) is 0 Å². The SMILES string of the molecule is CNC(C)CNC(=O)c1cccc(NC(=O)CCn2ccnc2)c1. The first kappa shape index (κ1) is 17.7. The molecule has 0 saturated carbocycles. The highest BCUT2D eigenvalue weighted by Crippen LogP contribution is 2.11. The number of benzene rings is 1.